The van der Waals surface area contributed by atoms with Gasteiger partial charge < -0.3 is 4.74 Å². The lowest BCUT2D eigenvalue weighted by Crippen LogP contribution is -2.07. The summed E-state index contributed by atoms with van der Waals surface area (Å²) in [6, 6.07) is 24.7. The maximum atomic E-state index is 12.1. The summed E-state index contributed by atoms with van der Waals surface area (Å²) >= 11 is 0. The number of esters is 1. The first-order chi connectivity index (χ1) is 12.2. The number of benzene rings is 3. The molecular weight excluding hydrogens is 308 g/mol. The van der Waals surface area contributed by atoms with Gasteiger partial charge in [0.05, 0.1) is 12.7 Å². The van der Waals surface area contributed by atoms with E-state index in [0.29, 0.717) is 5.56 Å². The van der Waals surface area contributed by atoms with Crippen molar-refractivity contribution in [3.8, 4) is 11.1 Å². The largest absolute Gasteiger partial charge is 0.465 e. The lowest BCUT2D eigenvalue weighted by Gasteiger charge is -2.11. The summed E-state index contributed by atoms with van der Waals surface area (Å²) in [5.41, 5.74) is 6.44. The van der Waals surface area contributed by atoms with E-state index in [4.69, 9.17) is 4.74 Å². The van der Waals surface area contributed by atoms with Crippen LogP contribution in [-0.2, 0) is 17.6 Å². The van der Waals surface area contributed by atoms with Gasteiger partial charge in [-0.3, -0.25) is 0 Å². The molecule has 0 fully saturated rings. The second-order valence-corrected chi connectivity index (χ2v) is 6.22. The maximum absolute atomic E-state index is 12.1. The molecule has 0 amide bonds. The summed E-state index contributed by atoms with van der Waals surface area (Å²) in [6.45, 7) is 2.08. The molecule has 25 heavy (non-hydrogen) atoms. The molecule has 0 heterocycles. The molecule has 0 radical (unpaired) electrons. The highest BCUT2D eigenvalue weighted by Gasteiger charge is 2.13. The Hall–Kier alpha value is -2.87. The standard InChI is InChI=1S/C23H22O2/c1-17-8-11-19(12-9-17)20-14-15-22(23(24)25-2)21(16-20)13-10-18-6-4-3-5-7-18/h3-9,11-12,14-16H,10,13H2,1-2H3. The van der Waals surface area contributed by atoms with Crippen molar-refractivity contribution in [2.24, 2.45) is 0 Å². The van der Waals surface area contributed by atoms with E-state index < -0.39 is 0 Å². The molecule has 0 aliphatic carbocycles. The fraction of sp³-hybridized carbons (Fsp3) is 0.174. The van der Waals surface area contributed by atoms with Crippen molar-refractivity contribution in [1.29, 1.82) is 0 Å². The van der Waals surface area contributed by atoms with E-state index in [1.165, 1.54) is 18.2 Å². The Balaban J connectivity index is 1.92. The molecule has 3 aromatic rings. The van der Waals surface area contributed by atoms with Crippen molar-refractivity contribution in [1.82, 2.24) is 0 Å². The van der Waals surface area contributed by atoms with E-state index >= 15 is 0 Å². The van der Waals surface area contributed by atoms with Crippen molar-refractivity contribution >= 4 is 5.97 Å². The lowest BCUT2D eigenvalue weighted by atomic mass is 9.94. The fourth-order valence-electron chi connectivity index (χ4n) is 2.96. The molecule has 0 bridgehead atoms. The molecule has 0 saturated carbocycles. The molecule has 0 atom stereocenters. The summed E-state index contributed by atoms with van der Waals surface area (Å²) in [5, 5.41) is 0. The van der Waals surface area contributed by atoms with Crippen LogP contribution >= 0.6 is 0 Å². The second kappa shape index (κ2) is 7.80. The van der Waals surface area contributed by atoms with Gasteiger partial charge in [-0.15, -0.1) is 0 Å². The zero-order valence-electron chi connectivity index (χ0n) is 14.7. The number of carbonyl (C=O) groups is 1. The van der Waals surface area contributed by atoms with Crippen molar-refractivity contribution in [3.63, 3.8) is 0 Å². The molecule has 0 unspecified atom stereocenters. The summed E-state index contributed by atoms with van der Waals surface area (Å²) in [5.74, 6) is -0.279. The Bertz CT molecular complexity index is 849. The Labute approximate surface area is 149 Å². The van der Waals surface area contributed by atoms with Crippen LogP contribution in [0, 0.1) is 6.92 Å². The van der Waals surface area contributed by atoms with E-state index in [0.717, 1.165) is 29.5 Å². The Kier molecular flexibility index (Phi) is 5.30. The van der Waals surface area contributed by atoms with Crippen LogP contribution in [0.4, 0.5) is 0 Å². The molecule has 2 nitrogen and oxygen atoms in total. The average Bonchev–Trinajstić information content (AvgIpc) is 2.67. The Morgan fingerprint density at radius 2 is 1.52 bits per heavy atom. The van der Waals surface area contributed by atoms with Gasteiger partial charge in [-0.1, -0.05) is 72.3 Å². The second-order valence-electron chi connectivity index (χ2n) is 6.22. The molecule has 0 saturated heterocycles. The minimum absolute atomic E-state index is 0.279. The van der Waals surface area contributed by atoms with Gasteiger partial charge in [0.25, 0.3) is 0 Å². The van der Waals surface area contributed by atoms with Crippen molar-refractivity contribution in [3.05, 3.63) is 95.1 Å². The molecule has 0 aliphatic rings. The summed E-state index contributed by atoms with van der Waals surface area (Å²) in [4.78, 5) is 12.1. The van der Waals surface area contributed by atoms with E-state index in [9.17, 15) is 4.79 Å². The maximum Gasteiger partial charge on any atom is 0.338 e. The first kappa shape index (κ1) is 17.0. The summed E-state index contributed by atoms with van der Waals surface area (Å²) in [7, 11) is 1.43. The smallest absolute Gasteiger partial charge is 0.338 e. The van der Waals surface area contributed by atoms with Crippen LogP contribution in [0.3, 0.4) is 0 Å². The third-order valence-electron chi connectivity index (χ3n) is 4.42. The van der Waals surface area contributed by atoms with Gasteiger partial charge in [0, 0.05) is 0 Å². The Morgan fingerprint density at radius 1 is 0.840 bits per heavy atom. The lowest BCUT2D eigenvalue weighted by molar-refractivity contribution is 0.0599. The molecular formula is C23H22O2. The van der Waals surface area contributed by atoms with E-state index in [2.05, 4.69) is 49.4 Å². The van der Waals surface area contributed by atoms with Gasteiger partial charge in [-0.2, -0.15) is 0 Å². The third-order valence-corrected chi connectivity index (χ3v) is 4.42. The van der Waals surface area contributed by atoms with Crippen LogP contribution in [0.2, 0.25) is 0 Å². The van der Waals surface area contributed by atoms with Crippen LogP contribution < -0.4 is 0 Å². The highest BCUT2D eigenvalue weighted by molar-refractivity contribution is 5.92. The quantitative estimate of drug-likeness (QED) is 0.598. The average molecular weight is 330 g/mol. The van der Waals surface area contributed by atoms with Crippen molar-refractivity contribution in [2.45, 2.75) is 19.8 Å². The molecule has 3 aromatic carbocycles. The molecule has 3 rings (SSSR count). The molecule has 126 valence electrons. The van der Waals surface area contributed by atoms with Crippen LogP contribution in [-0.4, -0.2) is 13.1 Å². The monoisotopic (exact) mass is 330 g/mol. The molecule has 0 N–H and O–H groups in total. The minimum Gasteiger partial charge on any atom is -0.465 e. The van der Waals surface area contributed by atoms with Gasteiger partial charge in [-0.05, 0) is 48.1 Å². The predicted octanol–water partition coefficient (Wildman–Crippen LogP) is 5.23. The fourth-order valence-corrected chi connectivity index (χ4v) is 2.96. The van der Waals surface area contributed by atoms with Crippen LogP contribution in [0.1, 0.15) is 27.0 Å². The molecule has 0 aromatic heterocycles. The molecule has 0 aliphatic heterocycles. The number of methoxy groups -OCH3 is 1. The van der Waals surface area contributed by atoms with E-state index in [-0.39, 0.29) is 5.97 Å². The van der Waals surface area contributed by atoms with Crippen molar-refractivity contribution < 1.29 is 9.53 Å². The van der Waals surface area contributed by atoms with Crippen molar-refractivity contribution in [2.75, 3.05) is 7.11 Å². The molecule has 2 heteroatoms. The topological polar surface area (TPSA) is 26.3 Å². The third kappa shape index (κ3) is 4.16. The Morgan fingerprint density at radius 3 is 2.20 bits per heavy atom. The van der Waals surface area contributed by atoms with E-state index in [1.54, 1.807) is 0 Å². The SMILES string of the molecule is COC(=O)c1ccc(-c2ccc(C)cc2)cc1CCc1ccccc1. The number of aryl methyl sites for hydroxylation is 3. The minimum atomic E-state index is -0.279. The highest BCUT2D eigenvalue weighted by atomic mass is 16.5. The summed E-state index contributed by atoms with van der Waals surface area (Å²) in [6.07, 6.45) is 1.69. The van der Waals surface area contributed by atoms with Crippen LogP contribution in [0.5, 0.6) is 0 Å². The van der Waals surface area contributed by atoms with Gasteiger partial charge in [-0.25, -0.2) is 4.79 Å². The number of hydrogen-bond acceptors (Lipinski definition) is 2. The number of hydrogen-bond donors (Lipinski definition) is 0. The highest BCUT2D eigenvalue weighted by Crippen LogP contribution is 2.24. The predicted molar refractivity (Wildman–Crippen MR) is 102 cm³/mol. The van der Waals surface area contributed by atoms with Gasteiger partial charge in [0.15, 0.2) is 0 Å². The van der Waals surface area contributed by atoms with E-state index in [1.807, 2.05) is 30.3 Å². The first-order valence-corrected chi connectivity index (χ1v) is 8.49. The van der Waals surface area contributed by atoms with Crippen LogP contribution in [0.15, 0.2) is 72.8 Å². The number of rotatable bonds is 5. The van der Waals surface area contributed by atoms with Gasteiger partial charge >= 0.3 is 5.97 Å². The van der Waals surface area contributed by atoms with Crippen LogP contribution in [0.25, 0.3) is 11.1 Å². The summed E-state index contributed by atoms with van der Waals surface area (Å²) < 4.78 is 4.95. The van der Waals surface area contributed by atoms with Gasteiger partial charge in [0.1, 0.15) is 0 Å². The first-order valence-electron chi connectivity index (χ1n) is 8.49. The zero-order chi connectivity index (χ0) is 17.6. The normalized spacial score (nSPS) is 10.5. The van der Waals surface area contributed by atoms with Gasteiger partial charge in [0.2, 0.25) is 0 Å². The zero-order valence-corrected chi connectivity index (χ0v) is 14.7. The number of ether oxygens (including phenoxy) is 1. The number of carbonyl (C=O) groups excluding carboxylic acids is 1. The molecule has 0 spiro atoms.